The Morgan fingerprint density at radius 3 is 2.78 bits per heavy atom. The first kappa shape index (κ1) is 15.4. The van der Waals surface area contributed by atoms with Crippen LogP contribution >= 0.6 is 0 Å². The van der Waals surface area contributed by atoms with Gasteiger partial charge in [0, 0.05) is 26.1 Å². The molecular weight excluding hydrogens is 230 g/mol. The predicted octanol–water partition coefficient (Wildman–Crippen LogP) is 0.213. The predicted molar refractivity (Wildman–Crippen MR) is 72.6 cm³/mol. The second kappa shape index (κ2) is 9.30. The number of piperidine rings is 1. The summed E-state index contributed by atoms with van der Waals surface area (Å²) in [5, 5.41) is 6.23. The van der Waals surface area contributed by atoms with E-state index in [2.05, 4.69) is 10.6 Å². The van der Waals surface area contributed by atoms with Crippen molar-refractivity contribution in [2.24, 2.45) is 0 Å². The maximum Gasteiger partial charge on any atom is 0.221 e. The number of carbonyl (C=O) groups excluding carboxylic acids is 1. The second-order valence-electron chi connectivity index (χ2n) is 5.08. The van der Waals surface area contributed by atoms with Crippen LogP contribution in [0.4, 0.5) is 0 Å². The Labute approximate surface area is 110 Å². The van der Waals surface area contributed by atoms with Crippen molar-refractivity contribution >= 4 is 5.91 Å². The van der Waals surface area contributed by atoms with E-state index in [1.165, 1.54) is 0 Å². The monoisotopic (exact) mass is 257 g/mol. The van der Waals surface area contributed by atoms with E-state index < -0.39 is 0 Å². The van der Waals surface area contributed by atoms with Gasteiger partial charge in [0.15, 0.2) is 0 Å². The summed E-state index contributed by atoms with van der Waals surface area (Å²) in [4.78, 5) is 13.4. The molecule has 1 rings (SSSR count). The normalized spacial score (nSPS) is 17.1. The number of nitrogens with zero attached hydrogens (tertiary/aromatic N) is 1. The van der Waals surface area contributed by atoms with Gasteiger partial charge in [-0.3, -0.25) is 4.79 Å². The first-order valence-corrected chi connectivity index (χ1v) is 6.92. The van der Waals surface area contributed by atoms with Crippen molar-refractivity contribution in [3.05, 3.63) is 0 Å². The van der Waals surface area contributed by atoms with Crippen molar-refractivity contribution in [1.82, 2.24) is 15.5 Å². The Morgan fingerprint density at radius 1 is 1.39 bits per heavy atom. The van der Waals surface area contributed by atoms with Gasteiger partial charge in [0.1, 0.15) is 0 Å². The molecule has 1 heterocycles. The van der Waals surface area contributed by atoms with Crippen LogP contribution in [0.1, 0.15) is 25.7 Å². The lowest BCUT2D eigenvalue weighted by Gasteiger charge is -2.22. The van der Waals surface area contributed by atoms with Crippen molar-refractivity contribution in [1.29, 1.82) is 0 Å². The number of hydrogen-bond acceptors (Lipinski definition) is 4. The van der Waals surface area contributed by atoms with Crippen LogP contribution in [0.25, 0.3) is 0 Å². The average molecular weight is 257 g/mol. The molecule has 0 atom stereocenters. The minimum Gasteiger partial charge on any atom is -0.378 e. The van der Waals surface area contributed by atoms with E-state index >= 15 is 0 Å². The SMILES string of the molecule is CN(C)CCC(=O)NCCCOC1CCNCC1. The van der Waals surface area contributed by atoms with E-state index in [1.54, 1.807) is 0 Å². The zero-order valence-corrected chi connectivity index (χ0v) is 11.7. The number of nitrogens with one attached hydrogen (secondary N) is 2. The molecule has 0 bridgehead atoms. The molecule has 0 unspecified atom stereocenters. The largest absolute Gasteiger partial charge is 0.378 e. The lowest BCUT2D eigenvalue weighted by atomic mass is 10.1. The quantitative estimate of drug-likeness (QED) is 0.611. The highest BCUT2D eigenvalue weighted by Gasteiger charge is 2.12. The zero-order chi connectivity index (χ0) is 13.2. The van der Waals surface area contributed by atoms with E-state index in [0.717, 1.165) is 52.0 Å². The molecule has 0 aromatic carbocycles. The van der Waals surface area contributed by atoms with E-state index in [1.807, 2.05) is 19.0 Å². The fraction of sp³-hybridized carbons (Fsp3) is 0.923. The summed E-state index contributed by atoms with van der Waals surface area (Å²) in [5.41, 5.74) is 0. The van der Waals surface area contributed by atoms with Crippen LogP contribution < -0.4 is 10.6 Å². The fourth-order valence-corrected chi connectivity index (χ4v) is 1.93. The van der Waals surface area contributed by atoms with Crippen LogP contribution in [0.5, 0.6) is 0 Å². The molecule has 0 saturated carbocycles. The van der Waals surface area contributed by atoms with Gasteiger partial charge in [0.05, 0.1) is 6.10 Å². The number of amides is 1. The molecule has 2 N–H and O–H groups in total. The molecule has 18 heavy (non-hydrogen) atoms. The number of rotatable bonds is 8. The van der Waals surface area contributed by atoms with Crippen LogP contribution in [0.3, 0.4) is 0 Å². The lowest BCUT2D eigenvalue weighted by molar-refractivity contribution is -0.121. The summed E-state index contributed by atoms with van der Waals surface area (Å²) < 4.78 is 5.76. The molecule has 5 nitrogen and oxygen atoms in total. The maximum atomic E-state index is 11.4. The molecule has 106 valence electrons. The molecule has 0 aliphatic carbocycles. The van der Waals surface area contributed by atoms with Crippen molar-refractivity contribution in [3.8, 4) is 0 Å². The maximum absolute atomic E-state index is 11.4. The molecule has 1 fully saturated rings. The highest BCUT2D eigenvalue weighted by atomic mass is 16.5. The van der Waals surface area contributed by atoms with Gasteiger partial charge in [0.2, 0.25) is 5.91 Å². The van der Waals surface area contributed by atoms with Crippen molar-refractivity contribution in [2.45, 2.75) is 31.8 Å². The molecule has 5 heteroatoms. The Morgan fingerprint density at radius 2 is 2.11 bits per heavy atom. The van der Waals surface area contributed by atoms with Gasteiger partial charge in [-0.05, 0) is 46.4 Å². The zero-order valence-electron chi connectivity index (χ0n) is 11.7. The van der Waals surface area contributed by atoms with Crippen molar-refractivity contribution in [3.63, 3.8) is 0 Å². The highest BCUT2D eigenvalue weighted by molar-refractivity contribution is 5.75. The average Bonchev–Trinajstić information content (AvgIpc) is 2.37. The Bertz CT molecular complexity index is 228. The third-order valence-electron chi connectivity index (χ3n) is 3.07. The molecule has 1 aliphatic rings. The van der Waals surface area contributed by atoms with E-state index in [0.29, 0.717) is 12.5 Å². The summed E-state index contributed by atoms with van der Waals surface area (Å²) in [5.74, 6) is 0.130. The smallest absolute Gasteiger partial charge is 0.221 e. The van der Waals surface area contributed by atoms with Gasteiger partial charge >= 0.3 is 0 Å². The molecule has 0 aromatic heterocycles. The topological polar surface area (TPSA) is 53.6 Å². The summed E-state index contributed by atoms with van der Waals surface area (Å²) in [6, 6.07) is 0. The molecule has 0 radical (unpaired) electrons. The van der Waals surface area contributed by atoms with E-state index in [9.17, 15) is 4.79 Å². The third kappa shape index (κ3) is 7.63. The summed E-state index contributed by atoms with van der Waals surface area (Å²) in [7, 11) is 3.94. The van der Waals surface area contributed by atoms with Gasteiger partial charge in [0.25, 0.3) is 0 Å². The standard InChI is InChI=1S/C13H27N3O2/c1-16(2)10-6-13(17)15-7-3-11-18-12-4-8-14-9-5-12/h12,14H,3-11H2,1-2H3,(H,15,17). The fourth-order valence-electron chi connectivity index (χ4n) is 1.93. The Balaban J connectivity index is 1.89. The molecule has 1 saturated heterocycles. The Kier molecular flexibility index (Phi) is 7.96. The number of ether oxygens (including phenoxy) is 1. The van der Waals surface area contributed by atoms with Crippen LogP contribution in [0, 0.1) is 0 Å². The van der Waals surface area contributed by atoms with Crippen LogP contribution in [0.15, 0.2) is 0 Å². The summed E-state index contributed by atoms with van der Waals surface area (Å²) in [6.45, 7) is 4.39. The van der Waals surface area contributed by atoms with Gasteiger partial charge < -0.3 is 20.3 Å². The van der Waals surface area contributed by atoms with E-state index in [4.69, 9.17) is 4.74 Å². The van der Waals surface area contributed by atoms with Crippen LogP contribution in [-0.2, 0) is 9.53 Å². The second-order valence-corrected chi connectivity index (χ2v) is 5.08. The summed E-state index contributed by atoms with van der Waals surface area (Å²) >= 11 is 0. The lowest BCUT2D eigenvalue weighted by Crippen LogP contribution is -2.33. The third-order valence-corrected chi connectivity index (χ3v) is 3.07. The van der Waals surface area contributed by atoms with Crippen molar-refractivity contribution < 1.29 is 9.53 Å². The Hall–Kier alpha value is -0.650. The van der Waals surface area contributed by atoms with Gasteiger partial charge in [-0.15, -0.1) is 0 Å². The highest BCUT2D eigenvalue weighted by Crippen LogP contribution is 2.06. The van der Waals surface area contributed by atoms with Gasteiger partial charge in [-0.25, -0.2) is 0 Å². The molecular formula is C13H27N3O2. The minimum absolute atomic E-state index is 0.130. The molecule has 0 aromatic rings. The van der Waals surface area contributed by atoms with Gasteiger partial charge in [-0.1, -0.05) is 0 Å². The molecule has 1 amide bonds. The molecule has 1 aliphatic heterocycles. The first-order chi connectivity index (χ1) is 8.68. The van der Waals surface area contributed by atoms with Gasteiger partial charge in [-0.2, -0.15) is 0 Å². The number of carbonyl (C=O) groups is 1. The first-order valence-electron chi connectivity index (χ1n) is 6.92. The van der Waals surface area contributed by atoms with Crippen LogP contribution in [-0.4, -0.2) is 63.8 Å². The van der Waals surface area contributed by atoms with Crippen LogP contribution in [0.2, 0.25) is 0 Å². The summed E-state index contributed by atoms with van der Waals surface area (Å²) in [6.07, 6.45) is 4.10. The minimum atomic E-state index is 0.130. The molecule has 0 spiro atoms. The number of hydrogen-bond donors (Lipinski definition) is 2. The van der Waals surface area contributed by atoms with E-state index in [-0.39, 0.29) is 5.91 Å². The van der Waals surface area contributed by atoms with Crippen molar-refractivity contribution in [2.75, 3.05) is 46.9 Å².